The van der Waals surface area contributed by atoms with Crippen molar-refractivity contribution >= 4 is 46.4 Å². The van der Waals surface area contributed by atoms with Gasteiger partial charge in [0.2, 0.25) is 5.91 Å². The summed E-state index contributed by atoms with van der Waals surface area (Å²) in [6.45, 7) is 3.36. The van der Waals surface area contributed by atoms with Gasteiger partial charge in [-0.3, -0.25) is 9.59 Å². The summed E-state index contributed by atoms with van der Waals surface area (Å²) < 4.78 is 5.50. The van der Waals surface area contributed by atoms with Crippen molar-refractivity contribution in [3.05, 3.63) is 52.0 Å². The van der Waals surface area contributed by atoms with Crippen LogP contribution in [-0.2, 0) is 9.59 Å². The quantitative estimate of drug-likeness (QED) is 0.764. The van der Waals surface area contributed by atoms with Gasteiger partial charge in [-0.2, -0.15) is 0 Å². The lowest BCUT2D eigenvalue weighted by Crippen LogP contribution is -2.20. The Labute approximate surface area is 156 Å². The zero-order chi connectivity index (χ0) is 18.4. The van der Waals surface area contributed by atoms with Gasteiger partial charge in [0.15, 0.2) is 6.61 Å². The Hall–Kier alpha value is -2.24. The van der Waals surface area contributed by atoms with Crippen LogP contribution in [-0.4, -0.2) is 18.4 Å². The predicted octanol–water partition coefficient (Wildman–Crippen LogP) is 4.67. The molecule has 0 bridgehead atoms. The zero-order valence-electron chi connectivity index (χ0n) is 13.9. The van der Waals surface area contributed by atoms with E-state index in [0.717, 1.165) is 5.56 Å². The first-order chi connectivity index (χ1) is 11.9. The molecule has 0 atom stereocenters. The number of ether oxygens (including phenoxy) is 1. The maximum atomic E-state index is 12.1. The summed E-state index contributed by atoms with van der Waals surface area (Å²) in [7, 11) is 0. The number of amides is 2. The number of anilines is 2. The highest BCUT2D eigenvalue weighted by atomic mass is 35.5. The monoisotopic (exact) mass is 380 g/mol. The predicted molar refractivity (Wildman–Crippen MR) is 101 cm³/mol. The van der Waals surface area contributed by atoms with Crippen molar-refractivity contribution in [2.45, 2.75) is 20.3 Å². The lowest BCUT2D eigenvalue weighted by Gasteiger charge is -2.12. The summed E-state index contributed by atoms with van der Waals surface area (Å²) in [5, 5.41) is 6.30. The lowest BCUT2D eigenvalue weighted by molar-refractivity contribution is -0.118. The van der Waals surface area contributed by atoms with Gasteiger partial charge >= 0.3 is 0 Å². The molecule has 0 aromatic heterocycles. The highest BCUT2D eigenvalue weighted by Crippen LogP contribution is 2.31. The molecule has 5 nitrogen and oxygen atoms in total. The largest absolute Gasteiger partial charge is 0.482 e. The van der Waals surface area contributed by atoms with Gasteiger partial charge in [0.1, 0.15) is 5.75 Å². The van der Waals surface area contributed by atoms with Crippen molar-refractivity contribution in [3.8, 4) is 5.75 Å². The van der Waals surface area contributed by atoms with Crippen molar-refractivity contribution in [1.29, 1.82) is 0 Å². The van der Waals surface area contributed by atoms with Crippen LogP contribution in [0.4, 0.5) is 11.4 Å². The molecule has 2 amide bonds. The van der Waals surface area contributed by atoms with E-state index in [0.29, 0.717) is 33.6 Å². The fourth-order valence-corrected chi connectivity index (χ4v) is 2.78. The van der Waals surface area contributed by atoms with Gasteiger partial charge < -0.3 is 15.4 Å². The molecule has 2 N–H and O–H groups in total. The molecule has 2 aromatic carbocycles. The summed E-state index contributed by atoms with van der Waals surface area (Å²) in [6, 6.07) is 10.1. The Morgan fingerprint density at radius 2 is 1.68 bits per heavy atom. The number of rotatable bonds is 6. The third kappa shape index (κ3) is 5.66. The summed E-state index contributed by atoms with van der Waals surface area (Å²) in [5.41, 5.74) is 1.91. The maximum Gasteiger partial charge on any atom is 0.262 e. The van der Waals surface area contributed by atoms with E-state index in [1.165, 1.54) is 0 Å². The number of halogens is 2. The fourth-order valence-electron chi connectivity index (χ4n) is 2.13. The molecule has 0 aliphatic carbocycles. The molecule has 0 saturated carbocycles. The van der Waals surface area contributed by atoms with Crippen molar-refractivity contribution in [2.24, 2.45) is 0 Å². The number of nitrogens with one attached hydrogen (secondary N) is 2. The topological polar surface area (TPSA) is 67.4 Å². The minimum atomic E-state index is -0.343. The van der Waals surface area contributed by atoms with E-state index >= 15 is 0 Å². The number of carbonyl (C=O) groups excluding carboxylic acids is 2. The van der Waals surface area contributed by atoms with E-state index in [4.69, 9.17) is 27.9 Å². The Balaban J connectivity index is 1.97. The third-order valence-electron chi connectivity index (χ3n) is 3.29. The van der Waals surface area contributed by atoms with Crippen LogP contribution in [0.2, 0.25) is 10.0 Å². The molecule has 0 spiro atoms. The first-order valence-corrected chi connectivity index (χ1v) is 8.43. The first-order valence-electron chi connectivity index (χ1n) is 7.67. The number of carbonyl (C=O) groups is 2. The van der Waals surface area contributed by atoms with Crippen LogP contribution >= 0.6 is 23.2 Å². The van der Waals surface area contributed by atoms with Gasteiger partial charge in [0.25, 0.3) is 5.91 Å². The molecule has 0 fully saturated rings. The van der Waals surface area contributed by atoms with Gasteiger partial charge in [-0.25, -0.2) is 0 Å². The zero-order valence-corrected chi connectivity index (χ0v) is 15.4. The normalized spacial score (nSPS) is 10.2. The van der Waals surface area contributed by atoms with Gasteiger partial charge in [-0.15, -0.1) is 0 Å². The highest BCUT2D eigenvalue weighted by molar-refractivity contribution is 6.35. The second-order valence-corrected chi connectivity index (χ2v) is 6.20. The first kappa shape index (κ1) is 19.1. The standard InChI is InChI=1S/C18H18Cl2N2O3/c1-3-16(23)21-13-5-4-6-14(9-13)22-17(24)10-25-18-11(2)7-12(19)8-15(18)20/h4-9H,3,10H2,1-2H3,(H,21,23)(H,22,24). The smallest absolute Gasteiger partial charge is 0.262 e. The molecule has 2 aromatic rings. The van der Waals surface area contributed by atoms with Gasteiger partial charge in [0.05, 0.1) is 5.02 Å². The van der Waals surface area contributed by atoms with Gasteiger partial charge in [0, 0.05) is 22.8 Å². The van der Waals surface area contributed by atoms with Crippen LogP contribution in [0, 0.1) is 6.92 Å². The van der Waals surface area contributed by atoms with Crippen LogP contribution in [0.25, 0.3) is 0 Å². The molecule has 0 radical (unpaired) electrons. The maximum absolute atomic E-state index is 12.1. The van der Waals surface area contributed by atoms with Gasteiger partial charge in [-0.05, 0) is 42.8 Å². The molecule has 7 heteroatoms. The van der Waals surface area contributed by atoms with Crippen molar-refractivity contribution in [1.82, 2.24) is 0 Å². The Morgan fingerprint density at radius 1 is 1.04 bits per heavy atom. The molecular weight excluding hydrogens is 363 g/mol. The minimum absolute atomic E-state index is 0.0975. The van der Waals surface area contributed by atoms with Crippen LogP contribution in [0.15, 0.2) is 36.4 Å². The lowest BCUT2D eigenvalue weighted by atomic mass is 10.2. The second-order valence-electron chi connectivity index (χ2n) is 5.35. The third-order valence-corrected chi connectivity index (χ3v) is 3.79. The molecule has 0 saturated heterocycles. The number of benzene rings is 2. The fraction of sp³-hybridized carbons (Fsp3) is 0.222. The van der Waals surface area contributed by atoms with Crippen LogP contribution in [0.1, 0.15) is 18.9 Å². The molecule has 0 aliphatic heterocycles. The van der Waals surface area contributed by atoms with Gasteiger partial charge in [-0.1, -0.05) is 36.2 Å². The number of hydrogen-bond donors (Lipinski definition) is 2. The summed E-state index contributed by atoms with van der Waals surface area (Å²) in [4.78, 5) is 23.5. The van der Waals surface area contributed by atoms with E-state index in [1.807, 2.05) is 0 Å². The highest BCUT2D eigenvalue weighted by Gasteiger charge is 2.10. The number of hydrogen-bond acceptors (Lipinski definition) is 3. The average Bonchev–Trinajstić information content (AvgIpc) is 2.54. The molecule has 25 heavy (non-hydrogen) atoms. The molecule has 2 rings (SSSR count). The minimum Gasteiger partial charge on any atom is -0.482 e. The van der Waals surface area contributed by atoms with Crippen LogP contribution < -0.4 is 15.4 Å². The molecule has 132 valence electrons. The Kier molecular flexibility index (Phi) is 6.67. The molecule has 0 heterocycles. The number of aryl methyl sites for hydroxylation is 1. The van der Waals surface area contributed by atoms with Crippen molar-refractivity contribution < 1.29 is 14.3 Å². The Bertz CT molecular complexity index is 771. The Morgan fingerprint density at radius 3 is 2.28 bits per heavy atom. The average molecular weight is 381 g/mol. The van der Waals surface area contributed by atoms with E-state index in [-0.39, 0.29) is 18.4 Å². The summed E-state index contributed by atoms with van der Waals surface area (Å²) in [6.07, 6.45) is 0.381. The summed E-state index contributed by atoms with van der Waals surface area (Å²) in [5.74, 6) is -0.0192. The van der Waals surface area contributed by atoms with Crippen LogP contribution in [0.5, 0.6) is 5.75 Å². The van der Waals surface area contributed by atoms with Crippen LogP contribution in [0.3, 0.4) is 0 Å². The van der Waals surface area contributed by atoms with E-state index in [1.54, 1.807) is 50.2 Å². The molecule has 0 aliphatic rings. The van der Waals surface area contributed by atoms with E-state index in [2.05, 4.69) is 10.6 Å². The molecular formula is C18H18Cl2N2O3. The van der Waals surface area contributed by atoms with E-state index < -0.39 is 0 Å². The van der Waals surface area contributed by atoms with Crippen molar-refractivity contribution in [3.63, 3.8) is 0 Å². The summed E-state index contributed by atoms with van der Waals surface area (Å²) >= 11 is 12.0. The van der Waals surface area contributed by atoms with Crippen molar-refractivity contribution in [2.75, 3.05) is 17.2 Å². The second kappa shape index (κ2) is 8.74. The van der Waals surface area contributed by atoms with E-state index in [9.17, 15) is 9.59 Å². The SMILES string of the molecule is CCC(=O)Nc1cccc(NC(=O)COc2c(C)cc(Cl)cc2Cl)c1. The molecule has 0 unspecified atom stereocenters.